The van der Waals surface area contributed by atoms with Gasteiger partial charge in [0.25, 0.3) is 0 Å². The third kappa shape index (κ3) is 3.34. The van der Waals surface area contributed by atoms with E-state index in [2.05, 4.69) is 20.9 Å². The molecule has 2 rings (SSSR count). The minimum Gasteiger partial charge on any atom is -0.450 e. The highest BCUT2D eigenvalue weighted by atomic mass is 79.9. The number of nitro groups is 1. The quantitative estimate of drug-likeness (QED) is 0.380. The molecule has 0 radical (unpaired) electrons. The molecule has 0 amide bonds. The van der Waals surface area contributed by atoms with Crippen LogP contribution in [0.15, 0.2) is 34.9 Å². The predicted molar refractivity (Wildman–Crippen MR) is 80.9 cm³/mol. The van der Waals surface area contributed by atoms with Crippen molar-refractivity contribution in [3.8, 4) is 11.5 Å². The highest BCUT2D eigenvalue weighted by Gasteiger charge is 2.20. The molecule has 108 valence electrons. The summed E-state index contributed by atoms with van der Waals surface area (Å²) in [5.41, 5.74) is 6.05. The smallest absolute Gasteiger partial charge is 0.312 e. The number of halogens is 1. The molecule has 7 nitrogen and oxygen atoms in total. The van der Waals surface area contributed by atoms with Gasteiger partial charge in [0.1, 0.15) is 17.3 Å². The lowest BCUT2D eigenvalue weighted by Crippen LogP contribution is -2.12. The van der Waals surface area contributed by atoms with Gasteiger partial charge in [-0.2, -0.15) is 0 Å². The van der Waals surface area contributed by atoms with Crippen molar-refractivity contribution < 1.29 is 9.66 Å². The number of nitrogens with zero attached hydrogens (tertiary/aromatic N) is 2. The van der Waals surface area contributed by atoms with Gasteiger partial charge < -0.3 is 10.5 Å². The van der Waals surface area contributed by atoms with Gasteiger partial charge in [-0.25, -0.2) is 0 Å². The zero-order valence-corrected chi connectivity index (χ0v) is 12.5. The molecule has 0 atom stereocenters. The van der Waals surface area contributed by atoms with Gasteiger partial charge in [0.05, 0.1) is 4.92 Å². The summed E-state index contributed by atoms with van der Waals surface area (Å²) in [4.78, 5) is 14.5. The molecule has 2 aromatic rings. The zero-order chi connectivity index (χ0) is 15.6. The summed E-state index contributed by atoms with van der Waals surface area (Å²) >= 11 is 3.22. The standard InChI is InChI=1S/C13H11BrN4O3/c1-7-4-8(14)5-11(18(19)20)12(7)21-9-2-3-17-10(6-9)13(15)16/h2-6H,1H3,(H3,15,16). The number of amidine groups is 1. The number of nitrogen functional groups attached to an aromatic ring is 1. The van der Waals surface area contributed by atoms with Crippen molar-refractivity contribution in [2.24, 2.45) is 5.73 Å². The van der Waals surface area contributed by atoms with E-state index in [0.717, 1.165) is 0 Å². The average molecular weight is 351 g/mol. The predicted octanol–water partition coefficient (Wildman–Crippen LogP) is 3.14. The Bertz CT molecular complexity index is 733. The highest BCUT2D eigenvalue weighted by molar-refractivity contribution is 9.10. The fraction of sp³-hybridized carbons (Fsp3) is 0.0769. The maximum Gasteiger partial charge on any atom is 0.312 e. The summed E-state index contributed by atoms with van der Waals surface area (Å²) in [7, 11) is 0. The maximum atomic E-state index is 11.1. The number of rotatable bonds is 4. The summed E-state index contributed by atoms with van der Waals surface area (Å²) in [6.45, 7) is 1.71. The molecule has 21 heavy (non-hydrogen) atoms. The number of ether oxygens (including phenoxy) is 1. The normalized spacial score (nSPS) is 10.2. The van der Waals surface area contributed by atoms with Crippen LogP contribution in [0.2, 0.25) is 0 Å². The summed E-state index contributed by atoms with van der Waals surface area (Å²) in [6, 6.07) is 6.08. The molecule has 0 unspecified atom stereocenters. The largest absolute Gasteiger partial charge is 0.450 e. The third-order valence-corrected chi connectivity index (χ3v) is 3.10. The van der Waals surface area contributed by atoms with Crippen molar-refractivity contribution in [2.75, 3.05) is 0 Å². The van der Waals surface area contributed by atoms with Gasteiger partial charge in [0.15, 0.2) is 0 Å². The van der Waals surface area contributed by atoms with Crippen LogP contribution in [0.25, 0.3) is 0 Å². The zero-order valence-electron chi connectivity index (χ0n) is 11.0. The van der Waals surface area contributed by atoms with E-state index in [1.807, 2.05) is 0 Å². The van der Waals surface area contributed by atoms with Crippen LogP contribution in [0, 0.1) is 22.4 Å². The monoisotopic (exact) mass is 350 g/mol. The van der Waals surface area contributed by atoms with Crippen molar-refractivity contribution in [2.45, 2.75) is 6.92 Å². The van der Waals surface area contributed by atoms with E-state index in [0.29, 0.717) is 15.8 Å². The molecule has 0 bridgehead atoms. The van der Waals surface area contributed by atoms with E-state index in [-0.39, 0.29) is 23.0 Å². The number of aryl methyl sites for hydroxylation is 1. The van der Waals surface area contributed by atoms with Gasteiger partial charge in [0.2, 0.25) is 5.75 Å². The Morgan fingerprint density at radius 1 is 1.48 bits per heavy atom. The van der Waals surface area contributed by atoms with Gasteiger partial charge in [0, 0.05) is 22.8 Å². The van der Waals surface area contributed by atoms with Crippen molar-refractivity contribution in [3.63, 3.8) is 0 Å². The Kier molecular flexibility index (Phi) is 4.18. The first-order chi connectivity index (χ1) is 9.88. The van der Waals surface area contributed by atoms with Gasteiger partial charge in [-0.3, -0.25) is 20.5 Å². The molecule has 0 saturated carbocycles. The van der Waals surface area contributed by atoms with Gasteiger partial charge in [-0.1, -0.05) is 15.9 Å². The molecule has 3 N–H and O–H groups in total. The van der Waals surface area contributed by atoms with Crippen molar-refractivity contribution in [1.82, 2.24) is 4.98 Å². The Balaban J connectivity index is 2.46. The van der Waals surface area contributed by atoms with E-state index in [4.69, 9.17) is 15.9 Å². The number of pyridine rings is 1. The fourth-order valence-electron chi connectivity index (χ4n) is 1.72. The molecule has 0 aliphatic heterocycles. The first-order valence-corrected chi connectivity index (χ1v) is 6.60. The fourth-order valence-corrected chi connectivity index (χ4v) is 2.28. The van der Waals surface area contributed by atoms with Crippen molar-refractivity contribution in [3.05, 3.63) is 56.3 Å². The van der Waals surface area contributed by atoms with Crippen LogP contribution in [0.1, 0.15) is 11.3 Å². The Morgan fingerprint density at radius 2 is 2.19 bits per heavy atom. The Labute approximate surface area is 128 Å². The second-order valence-corrected chi connectivity index (χ2v) is 5.14. The van der Waals surface area contributed by atoms with E-state index >= 15 is 0 Å². The highest BCUT2D eigenvalue weighted by Crippen LogP contribution is 2.37. The topological polar surface area (TPSA) is 115 Å². The average Bonchev–Trinajstić information content (AvgIpc) is 2.41. The van der Waals surface area contributed by atoms with Crippen LogP contribution in [0.5, 0.6) is 11.5 Å². The molecule has 0 saturated heterocycles. The van der Waals surface area contributed by atoms with Gasteiger partial charge in [-0.05, 0) is 24.6 Å². The number of nitrogens with two attached hydrogens (primary N) is 1. The molecule has 8 heteroatoms. The molecule has 1 aromatic heterocycles. The third-order valence-electron chi connectivity index (χ3n) is 2.64. The second kappa shape index (κ2) is 5.88. The first kappa shape index (κ1) is 14.9. The molecule has 1 aromatic carbocycles. The lowest BCUT2D eigenvalue weighted by molar-refractivity contribution is -0.385. The van der Waals surface area contributed by atoms with Crippen LogP contribution in [0.3, 0.4) is 0 Å². The van der Waals surface area contributed by atoms with Gasteiger partial charge in [-0.15, -0.1) is 0 Å². The van der Waals surface area contributed by atoms with Crippen molar-refractivity contribution in [1.29, 1.82) is 5.41 Å². The molecule has 0 spiro atoms. The first-order valence-electron chi connectivity index (χ1n) is 5.81. The van der Waals surface area contributed by atoms with Crippen LogP contribution >= 0.6 is 15.9 Å². The van der Waals surface area contributed by atoms with E-state index in [9.17, 15) is 10.1 Å². The van der Waals surface area contributed by atoms with E-state index < -0.39 is 4.92 Å². The Hall–Kier alpha value is -2.48. The number of aromatic nitrogens is 1. The summed E-state index contributed by atoms with van der Waals surface area (Å²) in [5, 5.41) is 18.5. The van der Waals surface area contributed by atoms with Crippen LogP contribution in [-0.2, 0) is 0 Å². The molecule has 0 aliphatic rings. The van der Waals surface area contributed by atoms with Crippen LogP contribution < -0.4 is 10.5 Å². The minimum absolute atomic E-state index is 0.143. The lowest BCUT2D eigenvalue weighted by atomic mass is 10.2. The number of hydrogen-bond acceptors (Lipinski definition) is 5. The Morgan fingerprint density at radius 3 is 2.81 bits per heavy atom. The molecular weight excluding hydrogens is 340 g/mol. The van der Waals surface area contributed by atoms with E-state index in [1.165, 1.54) is 24.4 Å². The summed E-state index contributed by atoms with van der Waals surface area (Å²) < 4.78 is 6.19. The molecule has 0 fully saturated rings. The van der Waals surface area contributed by atoms with Crippen molar-refractivity contribution >= 4 is 27.5 Å². The lowest BCUT2D eigenvalue weighted by Gasteiger charge is -2.10. The van der Waals surface area contributed by atoms with Gasteiger partial charge >= 0.3 is 5.69 Å². The maximum absolute atomic E-state index is 11.1. The molecule has 1 heterocycles. The van der Waals surface area contributed by atoms with Crippen LogP contribution in [0.4, 0.5) is 5.69 Å². The van der Waals surface area contributed by atoms with E-state index in [1.54, 1.807) is 13.0 Å². The minimum atomic E-state index is -0.514. The van der Waals surface area contributed by atoms with Crippen LogP contribution in [-0.4, -0.2) is 15.7 Å². The number of nitro benzene ring substituents is 1. The SMILES string of the molecule is Cc1cc(Br)cc([N+](=O)[O-])c1Oc1ccnc(C(=N)N)c1. The number of hydrogen-bond donors (Lipinski definition) is 2. The molecule has 0 aliphatic carbocycles. The second-order valence-electron chi connectivity index (χ2n) is 4.22. The number of nitrogens with one attached hydrogen (secondary N) is 1. The molecular formula is C13H11BrN4O3. The summed E-state index contributed by atoms with van der Waals surface area (Å²) in [6.07, 6.45) is 1.42. The summed E-state index contributed by atoms with van der Waals surface area (Å²) in [5.74, 6) is 0.259. The number of benzene rings is 1.